The molecule has 0 aromatic carbocycles. The summed E-state index contributed by atoms with van der Waals surface area (Å²) in [4.78, 5) is 18.3. The zero-order valence-electron chi connectivity index (χ0n) is 13.0. The lowest BCUT2D eigenvalue weighted by molar-refractivity contribution is -0.116. The molecule has 0 aliphatic heterocycles. The molecule has 2 fully saturated rings. The SMILES string of the molecule is CCC1(CNCc2csc(N(C(C)=O)C3CC3)n2)CCC1. The van der Waals surface area contributed by atoms with Gasteiger partial charge in [-0.15, -0.1) is 11.3 Å². The average Bonchev–Trinajstić information content (AvgIpc) is 3.12. The van der Waals surface area contributed by atoms with E-state index in [9.17, 15) is 4.79 Å². The van der Waals surface area contributed by atoms with Crippen LogP contribution in [0.2, 0.25) is 0 Å². The van der Waals surface area contributed by atoms with Crippen molar-refractivity contribution in [2.45, 2.75) is 65.0 Å². The largest absolute Gasteiger partial charge is 0.311 e. The van der Waals surface area contributed by atoms with Gasteiger partial charge in [-0.05, 0) is 37.5 Å². The Balaban J connectivity index is 1.54. The molecule has 5 heteroatoms. The number of amides is 1. The third kappa shape index (κ3) is 3.29. The molecule has 1 aromatic heterocycles. The lowest BCUT2D eigenvalue weighted by atomic mass is 9.67. The lowest BCUT2D eigenvalue weighted by Gasteiger charge is -2.41. The number of nitrogens with one attached hydrogen (secondary N) is 1. The number of carbonyl (C=O) groups excluding carboxylic acids is 1. The number of rotatable bonds is 7. The van der Waals surface area contributed by atoms with E-state index in [1.807, 2.05) is 4.90 Å². The van der Waals surface area contributed by atoms with Gasteiger partial charge in [-0.3, -0.25) is 9.69 Å². The summed E-state index contributed by atoms with van der Waals surface area (Å²) < 4.78 is 0. The molecule has 0 bridgehead atoms. The van der Waals surface area contributed by atoms with E-state index in [2.05, 4.69) is 22.6 Å². The maximum atomic E-state index is 11.7. The van der Waals surface area contributed by atoms with Crippen LogP contribution in [0.5, 0.6) is 0 Å². The Kier molecular flexibility index (Phi) is 4.31. The van der Waals surface area contributed by atoms with Gasteiger partial charge in [0.05, 0.1) is 5.69 Å². The summed E-state index contributed by atoms with van der Waals surface area (Å²) in [5.74, 6) is 0.116. The molecule has 2 saturated carbocycles. The van der Waals surface area contributed by atoms with Crippen LogP contribution in [0, 0.1) is 5.41 Å². The Hall–Kier alpha value is -0.940. The Morgan fingerprint density at radius 2 is 2.29 bits per heavy atom. The predicted octanol–water partition coefficient (Wildman–Crippen LogP) is 3.33. The lowest BCUT2D eigenvalue weighted by Crippen LogP contribution is -2.39. The highest BCUT2D eigenvalue weighted by atomic mass is 32.1. The third-order valence-corrected chi connectivity index (χ3v) is 5.86. The second kappa shape index (κ2) is 6.05. The van der Waals surface area contributed by atoms with Crippen molar-refractivity contribution >= 4 is 22.4 Å². The van der Waals surface area contributed by atoms with Gasteiger partial charge >= 0.3 is 0 Å². The Morgan fingerprint density at radius 3 is 2.81 bits per heavy atom. The van der Waals surface area contributed by atoms with Gasteiger partial charge in [-0.2, -0.15) is 0 Å². The molecule has 0 saturated heterocycles. The van der Waals surface area contributed by atoms with Crippen LogP contribution in [0.3, 0.4) is 0 Å². The van der Waals surface area contributed by atoms with Crippen molar-refractivity contribution in [1.29, 1.82) is 0 Å². The maximum absolute atomic E-state index is 11.7. The monoisotopic (exact) mass is 307 g/mol. The van der Waals surface area contributed by atoms with Crippen LogP contribution in [0.1, 0.15) is 58.1 Å². The molecule has 4 nitrogen and oxygen atoms in total. The Labute approximate surface area is 130 Å². The summed E-state index contributed by atoms with van der Waals surface area (Å²) in [6, 6.07) is 0.396. The second-order valence-corrected chi connectivity index (χ2v) is 7.39. The fourth-order valence-corrected chi connectivity index (χ4v) is 4.10. The minimum atomic E-state index is 0.116. The van der Waals surface area contributed by atoms with E-state index in [0.717, 1.165) is 36.8 Å². The summed E-state index contributed by atoms with van der Waals surface area (Å²) in [6.07, 6.45) is 7.60. The van der Waals surface area contributed by atoms with E-state index in [-0.39, 0.29) is 5.91 Å². The molecule has 21 heavy (non-hydrogen) atoms. The second-order valence-electron chi connectivity index (χ2n) is 6.55. The Morgan fingerprint density at radius 1 is 1.52 bits per heavy atom. The number of hydrogen-bond acceptors (Lipinski definition) is 4. The molecule has 2 aliphatic carbocycles. The van der Waals surface area contributed by atoms with E-state index >= 15 is 0 Å². The smallest absolute Gasteiger partial charge is 0.225 e. The van der Waals surface area contributed by atoms with Crippen LogP contribution in [-0.4, -0.2) is 23.5 Å². The summed E-state index contributed by atoms with van der Waals surface area (Å²) in [5.41, 5.74) is 1.60. The van der Waals surface area contributed by atoms with E-state index < -0.39 is 0 Å². The topological polar surface area (TPSA) is 45.2 Å². The molecule has 1 aromatic rings. The van der Waals surface area contributed by atoms with Gasteiger partial charge < -0.3 is 5.32 Å². The standard InChI is InChI=1S/C16H25N3OS/c1-3-16(7-4-8-16)11-17-9-13-10-21-15(18-13)19(12(2)20)14-5-6-14/h10,14,17H,3-9,11H2,1-2H3. The van der Waals surface area contributed by atoms with Gasteiger partial charge in [-0.1, -0.05) is 13.3 Å². The van der Waals surface area contributed by atoms with Gasteiger partial charge in [0, 0.05) is 31.4 Å². The van der Waals surface area contributed by atoms with Crippen LogP contribution >= 0.6 is 11.3 Å². The molecular weight excluding hydrogens is 282 g/mol. The summed E-state index contributed by atoms with van der Waals surface area (Å²) in [5, 5.41) is 6.52. The number of nitrogens with zero attached hydrogens (tertiary/aromatic N) is 2. The molecule has 1 N–H and O–H groups in total. The minimum Gasteiger partial charge on any atom is -0.311 e. The van der Waals surface area contributed by atoms with E-state index in [4.69, 9.17) is 0 Å². The van der Waals surface area contributed by atoms with Crippen LogP contribution in [0.15, 0.2) is 5.38 Å². The fraction of sp³-hybridized carbons (Fsp3) is 0.750. The van der Waals surface area contributed by atoms with Gasteiger partial charge in [-0.25, -0.2) is 4.98 Å². The van der Waals surface area contributed by atoms with Crippen LogP contribution in [0.25, 0.3) is 0 Å². The van der Waals surface area contributed by atoms with Crippen molar-refractivity contribution in [3.8, 4) is 0 Å². The molecule has 116 valence electrons. The highest BCUT2D eigenvalue weighted by Crippen LogP contribution is 2.43. The summed E-state index contributed by atoms with van der Waals surface area (Å²) in [6.45, 7) is 5.84. The number of hydrogen-bond donors (Lipinski definition) is 1. The van der Waals surface area contributed by atoms with Gasteiger partial charge in [0.1, 0.15) is 0 Å². The first-order valence-electron chi connectivity index (χ1n) is 8.08. The van der Waals surface area contributed by atoms with Crippen molar-refractivity contribution in [2.75, 3.05) is 11.4 Å². The summed E-state index contributed by atoms with van der Waals surface area (Å²) in [7, 11) is 0. The van der Waals surface area contributed by atoms with Gasteiger partial charge in [0.25, 0.3) is 0 Å². The van der Waals surface area contributed by atoms with Crippen molar-refractivity contribution in [3.63, 3.8) is 0 Å². The molecule has 0 unspecified atom stereocenters. The Bertz CT molecular complexity index is 500. The first-order valence-corrected chi connectivity index (χ1v) is 8.96. The molecule has 1 heterocycles. The molecule has 3 rings (SSSR count). The molecule has 2 aliphatic rings. The zero-order chi connectivity index (χ0) is 14.9. The van der Waals surface area contributed by atoms with Crippen molar-refractivity contribution in [3.05, 3.63) is 11.1 Å². The first-order chi connectivity index (χ1) is 10.1. The summed E-state index contributed by atoms with van der Waals surface area (Å²) >= 11 is 1.59. The zero-order valence-corrected chi connectivity index (χ0v) is 13.8. The highest BCUT2D eigenvalue weighted by molar-refractivity contribution is 7.14. The van der Waals surface area contributed by atoms with Crippen LogP contribution < -0.4 is 10.2 Å². The maximum Gasteiger partial charge on any atom is 0.225 e. The highest BCUT2D eigenvalue weighted by Gasteiger charge is 2.35. The molecule has 0 radical (unpaired) electrons. The number of thiazole rings is 1. The van der Waals surface area contributed by atoms with E-state index in [1.54, 1.807) is 18.3 Å². The molecular formula is C16H25N3OS. The quantitative estimate of drug-likeness (QED) is 0.840. The first kappa shape index (κ1) is 15.0. The molecule has 0 atom stereocenters. The normalized spacial score (nSPS) is 20.1. The number of carbonyl (C=O) groups is 1. The van der Waals surface area contributed by atoms with Crippen LogP contribution in [0.4, 0.5) is 5.13 Å². The van der Waals surface area contributed by atoms with Crippen molar-refractivity contribution in [2.24, 2.45) is 5.41 Å². The van der Waals surface area contributed by atoms with E-state index in [0.29, 0.717) is 11.5 Å². The van der Waals surface area contributed by atoms with Crippen molar-refractivity contribution in [1.82, 2.24) is 10.3 Å². The van der Waals surface area contributed by atoms with E-state index in [1.165, 1.54) is 25.7 Å². The number of anilines is 1. The third-order valence-electron chi connectivity index (χ3n) is 4.97. The minimum absolute atomic E-state index is 0.116. The van der Waals surface area contributed by atoms with Crippen molar-refractivity contribution < 1.29 is 4.79 Å². The fourth-order valence-electron chi connectivity index (χ4n) is 3.16. The average molecular weight is 307 g/mol. The van der Waals surface area contributed by atoms with Gasteiger partial charge in [0.15, 0.2) is 5.13 Å². The van der Waals surface area contributed by atoms with Gasteiger partial charge in [0.2, 0.25) is 5.91 Å². The molecule has 0 spiro atoms. The predicted molar refractivity (Wildman–Crippen MR) is 86.6 cm³/mol. The molecule has 1 amide bonds. The number of aromatic nitrogens is 1. The van der Waals surface area contributed by atoms with Crippen LogP contribution in [-0.2, 0) is 11.3 Å².